The average molecular weight is 195 g/mol. The van der Waals surface area contributed by atoms with Gasteiger partial charge in [0.2, 0.25) is 0 Å². The molecule has 0 fully saturated rings. The van der Waals surface area contributed by atoms with Crippen molar-refractivity contribution in [3.05, 3.63) is 29.8 Å². The second-order valence-corrected chi connectivity index (χ2v) is 3.29. The number of anilines is 1. The first-order valence-electron chi connectivity index (χ1n) is 4.72. The second-order valence-electron chi connectivity index (χ2n) is 3.29. The van der Waals surface area contributed by atoms with Crippen LogP contribution in [0.2, 0.25) is 0 Å². The zero-order valence-corrected chi connectivity index (χ0v) is 8.90. The Hall–Kier alpha value is -1.06. The summed E-state index contributed by atoms with van der Waals surface area (Å²) < 4.78 is 5.07. The van der Waals surface area contributed by atoms with Crippen LogP contribution >= 0.6 is 0 Å². The van der Waals surface area contributed by atoms with Crippen molar-refractivity contribution in [3.8, 4) is 0 Å². The Kier molecular flexibility index (Phi) is 3.92. The zero-order chi connectivity index (χ0) is 10.6. The van der Waals surface area contributed by atoms with Crippen LogP contribution in [-0.2, 0) is 4.74 Å². The number of hydrogen-bond acceptors (Lipinski definition) is 3. The summed E-state index contributed by atoms with van der Waals surface area (Å²) in [6.07, 6.45) is -0.809. The van der Waals surface area contributed by atoms with Gasteiger partial charge in [-0.25, -0.2) is 0 Å². The maximum atomic E-state index is 9.51. The maximum absolute atomic E-state index is 9.51. The standard InChI is InChI=1S/C11H17NO2/c1-4-14-11(13)9-5-7-10(8-6-9)12(2)3/h5-8,11,13H,4H2,1-3H3. The predicted octanol–water partition coefficient (Wildman–Crippen LogP) is 1.78. The second kappa shape index (κ2) is 4.98. The van der Waals surface area contributed by atoms with Crippen molar-refractivity contribution in [3.63, 3.8) is 0 Å². The molecule has 0 radical (unpaired) electrons. The van der Waals surface area contributed by atoms with Crippen molar-refractivity contribution in [2.45, 2.75) is 13.2 Å². The quantitative estimate of drug-likeness (QED) is 0.743. The van der Waals surface area contributed by atoms with Gasteiger partial charge in [0.1, 0.15) is 0 Å². The van der Waals surface area contributed by atoms with Gasteiger partial charge in [-0.05, 0) is 19.1 Å². The van der Waals surface area contributed by atoms with Crippen molar-refractivity contribution in [1.29, 1.82) is 0 Å². The highest BCUT2D eigenvalue weighted by atomic mass is 16.6. The molecule has 0 bridgehead atoms. The lowest BCUT2D eigenvalue weighted by molar-refractivity contribution is -0.0979. The Bertz CT molecular complexity index is 269. The molecule has 0 heterocycles. The van der Waals surface area contributed by atoms with E-state index >= 15 is 0 Å². The van der Waals surface area contributed by atoms with Crippen LogP contribution < -0.4 is 4.90 Å². The van der Waals surface area contributed by atoms with Gasteiger partial charge in [0.25, 0.3) is 0 Å². The topological polar surface area (TPSA) is 32.7 Å². The fourth-order valence-corrected chi connectivity index (χ4v) is 1.19. The molecule has 3 nitrogen and oxygen atoms in total. The van der Waals surface area contributed by atoms with E-state index in [-0.39, 0.29) is 0 Å². The monoisotopic (exact) mass is 195 g/mol. The smallest absolute Gasteiger partial charge is 0.181 e. The van der Waals surface area contributed by atoms with Crippen LogP contribution in [0.3, 0.4) is 0 Å². The van der Waals surface area contributed by atoms with Crippen molar-refractivity contribution in [1.82, 2.24) is 0 Å². The minimum absolute atomic E-state index is 0.511. The van der Waals surface area contributed by atoms with E-state index < -0.39 is 6.29 Å². The number of hydrogen-bond donors (Lipinski definition) is 1. The first-order chi connectivity index (χ1) is 6.65. The highest BCUT2D eigenvalue weighted by Gasteiger charge is 2.06. The third-order valence-electron chi connectivity index (χ3n) is 2.02. The molecule has 0 amide bonds. The van der Waals surface area contributed by atoms with Crippen molar-refractivity contribution >= 4 is 5.69 Å². The van der Waals surface area contributed by atoms with Gasteiger partial charge in [-0.3, -0.25) is 0 Å². The van der Waals surface area contributed by atoms with Gasteiger partial charge in [-0.1, -0.05) is 12.1 Å². The van der Waals surface area contributed by atoms with Crippen LogP contribution in [-0.4, -0.2) is 25.8 Å². The van der Waals surface area contributed by atoms with Crippen LogP contribution in [0.15, 0.2) is 24.3 Å². The molecule has 0 aliphatic rings. The van der Waals surface area contributed by atoms with E-state index in [4.69, 9.17) is 4.74 Å². The summed E-state index contributed by atoms with van der Waals surface area (Å²) in [6.45, 7) is 2.37. The van der Waals surface area contributed by atoms with Crippen molar-refractivity contribution in [2.24, 2.45) is 0 Å². The highest BCUT2D eigenvalue weighted by Crippen LogP contribution is 2.18. The van der Waals surface area contributed by atoms with E-state index in [1.54, 1.807) is 0 Å². The Balaban J connectivity index is 2.72. The molecule has 0 saturated carbocycles. The number of ether oxygens (including phenoxy) is 1. The van der Waals surface area contributed by atoms with Crippen LogP contribution in [0.4, 0.5) is 5.69 Å². The molecule has 78 valence electrons. The van der Waals surface area contributed by atoms with Gasteiger partial charge in [-0.2, -0.15) is 0 Å². The Morgan fingerprint density at radius 1 is 1.29 bits per heavy atom. The molecule has 1 aromatic carbocycles. The lowest BCUT2D eigenvalue weighted by atomic mass is 10.2. The lowest BCUT2D eigenvalue weighted by Gasteiger charge is -2.15. The lowest BCUT2D eigenvalue weighted by Crippen LogP contribution is -2.09. The fourth-order valence-electron chi connectivity index (χ4n) is 1.19. The Labute approximate surface area is 84.9 Å². The molecule has 14 heavy (non-hydrogen) atoms. The highest BCUT2D eigenvalue weighted by molar-refractivity contribution is 5.46. The normalized spacial score (nSPS) is 12.6. The first-order valence-corrected chi connectivity index (χ1v) is 4.72. The molecule has 1 N–H and O–H groups in total. The summed E-state index contributed by atoms with van der Waals surface area (Å²) in [7, 11) is 3.96. The molecule has 0 aromatic heterocycles. The SMILES string of the molecule is CCOC(O)c1ccc(N(C)C)cc1. The van der Waals surface area contributed by atoms with Crippen LogP contribution in [0.5, 0.6) is 0 Å². The molecule has 1 atom stereocenters. The third-order valence-corrected chi connectivity index (χ3v) is 2.02. The van der Waals surface area contributed by atoms with Gasteiger partial charge in [0, 0.05) is 32.0 Å². The van der Waals surface area contributed by atoms with Crippen LogP contribution in [0, 0.1) is 0 Å². The molecule has 0 saturated heterocycles. The largest absolute Gasteiger partial charge is 0.378 e. The number of rotatable bonds is 4. The van der Waals surface area contributed by atoms with Crippen LogP contribution in [0.1, 0.15) is 18.8 Å². The van der Waals surface area contributed by atoms with E-state index in [1.165, 1.54) is 0 Å². The third kappa shape index (κ3) is 2.72. The number of benzene rings is 1. The number of nitrogens with zero attached hydrogens (tertiary/aromatic N) is 1. The number of aliphatic hydroxyl groups is 1. The average Bonchev–Trinajstić information content (AvgIpc) is 2.18. The minimum atomic E-state index is -0.809. The summed E-state index contributed by atoms with van der Waals surface area (Å²) in [5, 5.41) is 9.51. The van der Waals surface area contributed by atoms with E-state index in [0.717, 1.165) is 11.3 Å². The minimum Gasteiger partial charge on any atom is -0.378 e. The van der Waals surface area contributed by atoms with Gasteiger partial charge < -0.3 is 14.7 Å². The molecule has 0 aliphatic carbocycles. The van der Waals surface area contributed by atoms with Crippen LogP contribution in [0.25, 0.3) is 0 Å². The molecule has 1 rings (SSSR count). The van der Waals surface area contributed by atoms with Gasteiger partial charge in [0.05, 0.1) is 0 Å². The Morgan fingerprint density at radius 3 is 2.29 bits per heavy atom. The van der Waals surface area contributed by atoms with E-state index in [9.17, 15) is 5.11 Å². The van der Waals surface area contributed by atoms with Crippen molar-refractivity contribution in [2.75, 3.05) is 25.6 Å². The summed E-state index contributed by atoms with van der Waals surface area (Å²) in [5.41, 5.74) is 1.90. The summed E-state index contributed by atoms with van der Waals surface area (Å²) in [6, 6.07) is 7.65. The van der Waals surface area contributed by atoms with E-state index in [2.05, 4.69) is 0 Å². The number of aliphatic hydroxyl groups excluding tert-OH is 1. The van der Waals surface area contributed by atoms with E-state index in [1.807, 2.05) is 50.2 Å². The molecule has 1 unspecified atom stereocenters. The van der Waals surface area contributed by atoms with Crippen molar-refractivity contribution < 1.29 is 9.84 Å². The molecule has 3 heteroatoms. The fraction of sp³-hybridized carbons (Fsp3) is 0.455. The summed E-state index contributed by atoms with van der Waals surface area (Å²) in [5.74, 6) is 0. The first kappa shape index (κ1) is 11.0. The van der Waals surface area contributed by atoms with Gasteiger partial charge in [-0.15, -0.1) is 0 Å². The van der Waals surface area contributed by atoms with Gasteiger partial charge in [0.15, 0.2) is 6.29 Å². The molecule has 1 aromatic rings. The van der Waals surface area contributed by atoms with Gasteiger partial charge >= 0.3 is 0 Å². The molecular weight excluding hydrogens is 178 g/mol. The molecule has 0 aliphatic heterocycles. The summed E-state index contributed by atoms with van der Waals surface area (Å²) in [4.78, 5) is 2.01. The molecular formula is C11H17NO2. The zero-order valence-electron chi connectivity index (χ0n) is 8.90. The summed E-state index contributed by atoms with van der Waals surface area (Å²) >= 11 is 0. The molecule has 0 spiro atoms. The Morgan fingerprint density at radius 2 is 1.86 bits per heavy atom. The predicted molar refractivity (Wildman–Crippen MR) is 57.4 cm³/mol. The maximum Gasteiger partial charge on any atom is 0.181 e. The van der Waals surface area contributed by atoms with E-state index in [0.29, 0.717) is 6.61 Å².